The first-order chi connectivity index (χ1) is 16.4. The van der Waals surface area contributed by atoms with Crippen molar-refractivity contribution in [3.63, 3.8) is 0 Å². The molecule has 0 fully saturated rings. The summed E-state index contributed by atoms with van der Waals surface area (Å²) < 4.78 is 0. The molecule has 0 aliphatic carbocycles. The minimum Gasteiger partial charge on any atom is -0.477 e. The molecule has 0 atom stereocenters. The number of carbonyl (C=O) groups excluding carboxylic acids is 1. The SMILES string of the molecule is CC(=O)NCCNc1nc(Nc2nc(C)c(C(=O)O)s2)nc2c1CCCN2Cc1ccncc1. The lowest BCUT2D eigenvalue weighted by Gasteiger charge is -2.31. The van der Waals surface area contributed by atoms with Crippen molar-refractivity contribution in [2.24, 2.45) is 0 Å². The Kier molecular flexibility index (Phi) is 7.16. The number of nitrogens with one attached hydrogen (secondary N) is 3. The Morgan fingerprint density at radius 2 is 1.97 bits per heavy atom. The number of carboxylic acids is 1. The van der Waals surface area contributed by atoms with E-state index < -0.39 is 5.97 Å². The Morgan fingerprint density at radius 3 is 2.68 bits per heavy atom. The fourth-order valence-electron chi connectivity index (χ4n) is 3.74. The third-order valence-electron chi connectivity index (χ3n) is 5.26. The maximum atomic E-state index is 11.4. The average molecular weight is 483 g/mol. The summed E-state index contributed by atoms with van der Waals surface area (Å²) in [5.41, 5.74) is 2.57. The summed E-state index contributed by atoms with van der Waals surface area (Å²) in [4.78, 5) is 42.8. The predicted octanol–water partition coefficient (Wildman–Crippen LogP) is 2.58. The van der Waals surface area contributed by atoms with Crippen LogP contribution < -0.4 is 20.9 Å². The van der Waals surface area contributed by atoms with E-state index >= 15 is 0 Å². The number of anilines is 4. The van der Waals surface area contributed by atoms with Gasteiger partial charge in [0.25, 0.3) is 0 Å². The summed E-state index contributed by atoms with van der Waals surface area (Å²) in [7, 11) is 0. The fourth-order valence-corrected chi connectivity index (χ4v) is 4.54. The van der Waals surface area contributed by atoms with E-state index in [0.717, 1.165) is 47.7 Å². The van der Waals surface area contributed by atoms with Gasteiger partial charge in [0.05, 0.1) is 5.69 Å². The molecule has 0 bridgehead atoms. The molecule has 3 aromatic heterocycles. The maximum Gasteiger partial charge on any atom is 0.347 e. The van der Waals surface area contributed by atoms with Crippen molar-refractivity contribution in [1.29, 1.82) is 0 Å². The fraction of sp³-hybridized carbons (Fsp3) is 0.364. The summed E-state index contributed by atoms with van der Waals surface area (Å²) in [6, 6.07) is 3.96. The number of aromatic carboxylic acids is 1. The van der Waals surface area contributed by atoms with E-state index in [9.17, 15) is 14.7 Å². The number of aryl methyl sites for hydroxylation is 1. The lowest BCUT2D eigenvalue weighted by atomic mass is 10.1. The van der Waals surface area contributed by atoms with Crippen LogP contribution in [0.2, 0.25) is 0 Å². The predicted molar refractivity (Wildman–Crippen MR) is 130 cm³/mol. The molecule has 1 aliphatic heterocycles. The number of amides is 1. The number of aromatic nitrogens is 4. The third kappa shape index (κ3) is 5.57. The van der Waals surface area contributed by atoms with Crippen LogP contribution >= 0.6 is 11.3 Å². The van der Waals surface area contributed by atoms with Crippen LogP contribution in [0.1, 0.15) is 39.8 Å². The van der Waals surface area contributed by atoms with Crippen LogP contribution in [0.4, 0.5) is 22.7 Å². The molecule has 4 heterocycles. The van der Waals surface area contributed by atoms with E-state index in [1.807, 2.05) is 12.1 Å². The summed E-state index contributed by atoms with van der Waals surface area (Å²) in [6.45, 7) is 5.63. The number of fused-ring (bicyclic) bond motifs is 1. The zero-order valence-corrected chi connectivity index (χ0v) is 19.8. The Hall–Kier alpha value is -3.80. The Bertz CT molecular complexity index is 1180. The van der Waals surface area contributed by atoms with Gasteiger partial charge in [0.15, 0.2) is 5.13 Å². The highest BCUT2D eigenvalue weighted by Gasteiger charge is 2.24. The van der Waals surface area contributed by atoms with Gasteiger partial charge in [0, 0.05) is 51.1 Å². The van der Waals surface area contributed by atoms with Gasteiger partial charge in [-0.25, -0.2) is 9.78 Å². The highest BCUT2D eigenvalue weighted by Crippen LogP contribution is 2.33. The summed E-state index contributed by atoms with van der Waals surface area (Å²) in [5, 5.41) is 18.9. The smallest absolute Gasteiger partial charge is 0.347 e. The van der Waals surface area contributed by atoms with Crippen LogP contribution in [0, 0.1) is 6.92 Å². The number of nitrogens with zero attached hydrogens (tertiary/aromatic N) is 5. The molecule has 178 valence electrons. The van der Waals surface area contributed by atoms with Crippen LogP contribution in [0.5, 0.6) is 0 Å². The second-order valence-electron chi connectivity index (χ2n) is 7.85. The number of rotatable bonds is 9. The van der Waals surface area contributed by atoms with Crippen molar-refractivity contribution in [1.82, 2.24) is 25.3 Å². The van der Waals surface area contributed by atoms with Crippen LogP contribution in [0.25, 0.3) is 0 Å². The van der Waals surface area contributed by atoms with E-state index in [4.69, 9.17) is 4.98 Å². The van der Waals surface area contributed by atoms with Gasteiger partial charge in [-0.05, 0) is 37.5 Å². The molecule has 0 aromatic carbocycles. The van der Waals surface area contributed by atoms with E-state index in [1.165, 1.54) is 6.92 Å². The van der Waals surface area contributed by atoms with Gasteiger partial charge in [-0.3, -0.25) is 15.1 Å². The highest BCUT2D eigenvalue weighted by molar-refractivity contribution is 7.17. The van der Waals surface area contributed by atoms with Gasteiger partial charge in [-0.2, -0.15) is 9.97 Å². The van der Waals surface area contributed by atoms with E-state index in [-0.39, 0.29) is 10.8 Å². The normalized spacial score (nSPS) is 12.7. The van der Waals surface area contributed by atoms with Gasteiger partial charge >= 0.3 is 5.97 Å². The second kappa shape index (κ2) is 10.4. The van der Waals surface area contributed by atoms with Gasteiger partial charge in [-0.1, -0.05) is 11.3 Å². The maximum absolute atomic E-state index is 11.4. The van der Waals surface area contributed by atoms with E-state index in [1.54, 1.807) is 19.3 Å². The van der Waals surface area contributed by atoms with Crippen molar-refractivity contribution >= 4 is 45.9 Å². The molecule has 0 saturated carbocycles. The molecular formula is C22H26N8O3S. The van der Waals surface area contributed by atoms with Crippen LogP contribution in [-0.4, -0.2) is 56.6 Å². The Balaban J connectivity index is 1.65. The lowest BCUT2D eigenvalue weighted by molar-refractivity contribution is -0.118. The molecule has 0 spiro atoms. The first-order valence-corrected chi connectivity index (χ1v) is 11.7. The largest absolute Gasteiger partial charge is 0.477 e. The molecule has 4 rings (SSSR count). The van der Waals surface area contributed by atoms with Crippen LogP contribution in [0.3, 0.4) is 0 Å². The minimum absolute atomic E-state index is 0.0919. The molecular weight excluding hydrogens is 456 g/mol. The highest BCUT2D eigenvalue weighted by atomic mass is 32.1. The number of pyridine rings is 1. The average Bonchev–Trinajstić information content (AvgIpc) is 3.18. The van der Waals surface area contributed by atoms with Gasteiger partial charge < -0.3 is 20.6 Å². The van der Waals surface area contributed by atoms with Crippen molar-refractivity contribution < 1.29 is 14.7 Å². The van der Waals surface area contributed by atoms with Crippen molar-refractivity contribution in [2.45, 2.75) is 33.2 Å². The zero-order chi connectivity index (χ0) is 24.1. The third-order valence-corrected chi connectivity index (χ3v) is 6.32. The topological polar surface area (TPSA) is 145 Å². The zero-order valence-electron chi connectivity index (χ0n) is 19.0. The quantitative estimate of drug-likeness (QED) is 0.336. The molecule has 0 unspecified atom stereocenters. The number of thiazole rings is 1. The van der Waals surface area contributed by atoms with Crippen LogP contribution in [-0.2, 0) is 17.8 Å². The molecule has 4 N–H and O–H groups in total. The van der Waals surface area contributed by atoms with Gasteiger partial charge in [0.2, 0.25) is 11.9 Å². The van der Waals surface area contributed by atoms with Crippen molar-refractivity contribution in [2.75, 3.05) is 35.2 Å². The Morgan fingerprint density at radius 1 is 1.18 bits per heavy atom. The summed E-state index contributed by atoms with van der Waals surface area (Å²) in [5.74, 6) is 0.718. The van der Waals surface area contributed by atoms with Gasteiger partial charge in [0.1, 0.15) is 16.5 Å². The standard InChI is InChI=1S/C22H26N8O3S/c1-13-17(20(32)33)34-22(26-13)29-21-27-18(25-10-9-24-14(2)31)16-4-3-11-30(19(16)28-21)12-15-5-7-23-8-6-15/h5-8H,3-4,9-12H2,1-2H3,(H,24,31)(H,32,33)(H2,25,26,27,28,29). The Labute approximate surface area is 200 Å². The van der Waals surface area contributed by atoms with Crippen LogP contribution in [0.15, 0.2) is 24.5 Å². The van der Waals surface area contributed by atoms with E-state index in [2.05, 4.69) is 35.8 Å². The lowest BCUT2D eigenvalue weighted by Crippen LogP contribution is -2.32. The first kappa shape index (κ1) is 23.4. The molecule has 12 heteroatoms. The van der Waals surface area contributed by atoms with E-state index in [0.29, 0.717) is 42.2 Å². The number of hydrogen-bond acceptors (Lipinski definition) is 10. The summed E-state index contributed by atoms with van der Waals surface area (Å²) in [6.07, 6.45) is 5.33. The molecule has 1 amide bonds. The molecule has 11 nitrogen and oxygen atoms in total. The monoisotopic (exact) mass is 482 g/mol. The number of carboxylic acid groups (broad SMARTS) is 1. The summed E-state index contributed by atoms with van der Waals surface area (Å²) >= 11 is 1.04. The minimum atomic E-state index is -1.02. The molecule has 3 aromatic rings. The van der Waals surface area contributed by atoms with Crippen molar-refractivity contribution in [3.8, 4) is 0 Å². The number of carbonyl (C=O) groups is 2. The molecule has 0 saturated heterocycles. The molecule has 0 radical (unpaired) electrons. The van der Waals surface area contributed by atoms with Gasteiger partial charge in [-0.15, -0.1) is 0 Å². The van der Waals surface area contributed by atoms with Crippen molar-refractivity contribution in [3.05, 3.63) is 46.2 Å². The molecule has 34 heavy (non-hydrogen) atoms. The molecule has 1 aliphatic rings. The second-order valence-corrected chi connectivity index (χ2v) is 8.85. The number of hydrogen-bond donors (Lipinski definition) is 4. The first-order valence-electron chi connectivity index (χ1n) is 10.9.